The number of amides is 1. The molecule has 0 bridgehead atoms. The summed E-state index contributed by atoms with van der Waals surface area (Å²) in [7, 11) is 0. The van der Waals surface area contributed by atoms with Crippen molar-refractivity contribution in [2.45, 2.75) is 45.1 Å². The largest absolute Gasteiger partial charge is 0.354 e. The lowest BCUT2D eigenvalue weighted by molar-refractivity contribution is -0.121. The summed E-state index contributed by atoms with van der Waals surface area (Å²) in [6, 6.07) is 20.9. The van der Waals surface area contributed by atoms with Gasteiger partial charge in [0, 0.05) is 30.8 Å². The molecule has 4 nitrogen and oxygen atoms in total. The number of hydrogen-bond acceptors (Lipinski definition) is 2. The number of fused-ring (bicyclic) bond motifs is 1. The molecule has 0 aliphatic heterocycles. The molecule has 0 saturated carbocycles. The Hall–Kier alpha value is -3.47. The van der Waals surface area contributed by atoms with Gasteiger partial charge in [0.2, 0.25) is 5.91 Å². The lowest BCUT2D eigenvalue weighted by Crippen LogP contribution is -2.34. The minimum atomic E-state index is -0.435. The van der Waals surface area contributed by atoms with Crippen LogP contribution in [0.3, 0.4) is 0 Å². The van der Waals surface area contributed by atoms with Crippen molar-refractivity contribution in [3.8, 4) is 0 Å². The first-order valence-electron chi connectivity index (χ1n) is 11.0. The molecule has 0 aliphatic carbocycles. The summed E-state index contributed by atoms with van der Waals surface area (Å²) in [6.45, 7) is 4.02. The third-order valence-electron chi connectivity index (χ3n) is 5.84. The summed E-state index contributed by atoms with van der Waals surface area (Å²) in [6.07, 6.45) is 5.57. The molecule has 2 atom stereocenters. The van der Waals surface area contributed by atoms with Crippen molar-refractivity contribution in [2.24, 2.45) is 0 Å². The molecule has 0 fully saturated rings. The lowest BCUT2D eigenvalue weighted by atomic mass is 9.91. The Morgan fingerprint density at radius 1 is 1.09 bits per heavy atom. The second-order valence-corrected chi connectivity index (χ2v) is 8.39. The molecule has 2 aromatic heterocycles. The maximum absolute atomic E-state index is 14.8. The number of imidazole rings is 1. The number of rotatable bonds is 8. The van der Waals surface area contributed by atoms with Crippen LogP contribution in [0.15, 0.2) is 79.1 Å². The van der Waals surface area contributed by atoms with E-state index in [4.69, 9.17) is 0 Å². The molecule has 0 radical (unpaired) electrons. The van der Waals surface area contributed by atoms with Crippen molar-refractivity contribution in [3.63, 3.8) is 0 Å². The van der Waals surface area contributed by atoms with Crippen molar-refractivity contribution in [1.82, 2.24) is 14.7 Å². The molecule has 1 N–H and O–H groups in total. The van der Waals surface area contributed by atoms with Crippen LogP contribution in [0.1, 0.15) is 48.1 Å². The minimum absolute atomic E-state index is 0.0220. The standard InChI is InChI=1S/C27H28FN3O/c1-19-14-15-31-25(18-29-26(31)16-19)23(22-10-6-7-11-24(22)28)17-27(32)30-20(2)12-13-21-8-4-3-5-9-21/h3-11,14-16,18,20,23H,12-13,17H2,1-2H3,(H,30,32). The van der Waals surface area contributed by atoms with Crippen molar-refractivity contribution in [3.05, 3.63) is 107 Å². The van der Waals surface area contributed by atoms with Gasteiger partial charge < -0.3 is 9.72 Å². The predicted molar refractivity (Wildman–Crippen MR) is 125 cm³/mol. The first-order chi connectivity index (χ1) is 15.5. The van der Waals surface area contributed by atoms with Gasteiger partial charge in [-0.05, 0) is 61.6 Å². The minimum Gasteiger partial charge on any atom is -0.354 e. The van der Waals surface area contributed by atoms with Gasteiger partial charge in [-0.15, -0.1) is 0 Å². The fourth-order valence-corrected chi connectivity index (χ4v) is 4.11. The van der Waals surface area contributed by atoms with E-state index >= 15 is 0 Å². The van der Waals surface area contributed by atoms with Gasteiger partial charge in [0.1, 0.15) is 11.5 Å². The van der Waals surface area contributed by atoms with E-state index < -0.39 is 5.92 Å². The zero-order chi connectivity index (χ0) is 22.5. The second kappa shape index (κ2) is 9.77. The van der Waals surface area contributed by atoms with Crippen molar-refractivity contribution in [2.75, 3.05) is 0 Å². The molecule has 0 saturated heterocycles. The van der Waals surface area contributed by atoms with Gasteiger partial charge >= 0.3 is 0 Å². The number of pyridine rings is 1. The molecule has 1 amide bonds. The van der Waals surface area contributed by atoms with Gasteiger partial charge in [0.05, 0.1) is 5.69 Å². The molecule has 4 rings (SSSR count). The van der Waals surface area contributed by atoms with Crippen molar-refractivity contribution >= 4 is 11.6 Å². The number of nitrogens with zero attached hydrogens (tertiary/aromatic N) is 2. The van der Waals surface area contributed by atoms with Crippen LogP contribution < -0.4 is 5.32 Å². The SMILES string of the molecule is Cc1ccn2c(C(CC(=O)NC(C)CCc3ccccc3)c3ccccc3F)cnc2c1. The molecule has 0 aliphatic rings. The van der Waals surface area contributed by atoms with Gasteiger partial charge in [0.15, 0.2) is 0 Å². The number of carbonyl (C=O) groups is 1. The molecule has 32 heavy (non-hydrogen) atoms. The van der Waals surface area contributed by atoms with E-state index in [2.05, 4.69) is 22.4 Å². The van der Waals surface area contributed by atoms with E-state index in [-0.39, 0.29) is 24.2 Å². The summed E-state index contributed by atoms with van der Waals surface area (Å²) >= 11 is 0. The van der Waals surface area contributed by atoms with Crippen LogP contribution in [-0.2, 0) is 11.2 Å². The van der Waals surface area contributed by atoms with Crippen LogP contribution >= 0.6 is 0 Å². The number of nitrogens with one attached hydrogen (secondary N) is 1. The number of carbonyl (C=O) groups excluding carboxylic acids is 1. The smallest absolute Gasteiger partial charge is 0.221 e. The van der Waals surface area contributed by atoms with Gasteiger partial charge in [0.25, 0.3) is 0 Å². The molecule has 164 valence electrons. The highest BCUT2D eigenvalue weighted by molar-refractivity contribution is 5.77. The van der Waals surface area contributed by atoms with E-state index in [1.54, 1.807) is 24.4 Å². The molecule has 2 unspecified atom stereocenters. The Morgan fingerprint density at radius 3 is 2.62 bits per heavy atom. The summed E-state index contributed by atoms with van der Waals surface area (Å²) in [5.74, 6) is -0.847. The average Bonchev–Trinajstić information content (AvgIpc) is 3.20. The van der Waals surface area contributed by atoms with E-state index in [9.17, 15) is 9.18 Å². The number of benzene rings is 2. The number of halogens is 1. The molecule has 2 aromatic carbocycles. The highest BCUT2D eigenvalue weighted by Crippen LogP contribution is 2.30. The second-order valence-electron chi connectivity index (χ2n) is 8.39. The Morgan fingerprint density at radius 2 is 1.84 bits per heavy atom. The van der Waals surface area contributed by atoms with Crippen molar-refractivity contribution < 1.29 is 9.18 Å². The number of aromatic nitrogens is 2. The molecular formula is C27H28FN3O. The zero-order valence-corrected chi connectivity index (χ0v) is 18.5. The molecular weight excluding hydrogens is 401 g/mol. The van der Waals surface area contributed by atoms with Crippen LogP contribution in [0.4, 0.5) is 4.39 Å². The maximum Gasteiger partial charge on any atom is 0.221 e. The van der Waals surface area contributed by atoms with Gasteiger partial charge in [-0.2, -0.15) is 0 Å². The fraction of sp³-hybridized carbons (Fsp3) is 0.259. The Bertz CT molecular complexity index is 1200. The predicted octanol–water partition coefficient (Wildman–Crippen LogP) is 5.44. The summed E-state index contributed by atoms with van der Waals surface area (Å²) in [5, 5.41) is 3.10. The molecule has 5 heteroatoms. The van der Waals surface area contributed by atoms with Crippen LogP contribution in [0.5, 0.6) is 0 Å². The Kier molecular flexibility index (Phi) is 6.64. The summed E-state index contributed by atoms with van der Waals surface area (Å²) < 4.78 is 16.7. The van der Waals surface area contributed by atoms with E-state index in [0.717, 1.165) is 29.7 Å². The zero-order valence-electron chi connectivity index (χ0n) is 18.5. The van der Waals surface area contributed by atoms with E-state index in [1.165, 1.54) is 11.6 Å². The number of aryl methyl sites for hydroxylation is 2. The van der Waals surface area contributed by atoms with Gasteiger partial charge in [-0.25, -0.2) is 9.37 Å². The Labute approximate surface area is 188 Å². The molecule has 4 aromatic rings. The summed E-state index contributed by atoms with van der Waals surface area (Å²) in [4.78, 5) is 17.5. The monoisotopic (exact) mass is 429 g/mol. The van der Waals surface area contributed by atoms with Crippen molar-refractivity contribution in [1.29, 1.82) is 0 Å². The van der Waals surface area contributed by atoms with E-state index in [1.807, 2.05) is 54.8 Å². The highest BCUT2D eigenvalue weighted by Gasteiger charge is 2.25. The topological polar surface area (TPSA) is 46.4 Å². The molecule has 0 spiro atoms. The maximum atomic E-state index is 14.8. The van der Waals surface area contributed by atoms with E-state index in [0.29, 0.717) is 5.56 Å². The lowest BCUT2D eigenvalue weighted by Gasteiger charge is -2.20. The Balaban J connectivity index is 1.53. The van der Waals surface area contributed by atoms with Crippen LogP contribution in [0.25, 0.3) is 5.65 Å². The third-order valence-corrected chi connectivity index (χ3v) is 5.84. The van der Waals surface area contributed by atoms with Crippen LogP contribution in [0.2, 0.25) is 0 Å². The first-order valence-corrected chi connectivity index (χ1v) is 11.0. The number of hydrogen-bond donors (Lipinski definition) is 1. The fourth-order valence-electron chi connectivity index (χ4n) is 4.11. The highest BCUT2D eigenvalue weighted by atomic mass is 19.1. The average molecular weight is 430 g/mol. The quantitative estimate of drug-likeness (QED) is 0.405. The first kappa shape index (κ1) is 21.8. The van der Waals surface area contributed by atoms with Crippen LogP contribution in [0, 0.1) is 12.7 Å². The van der Waals surface area contributed by atoms with Gasteiger partial charge in [-0.1, -0.05) is 48.5 Å². The van der Waals surface area contributed by atoms with Crippen LogP contribution in [-0.4, -0.2) is 21.3 Å². The third kappa shape index (κ3) is 5.05. The van der Waals surface area contributed by atoms with Gasteiger partial charge in [-0.3, -0.25) is 4.79 Å². The summed E-state index contributed by atoms with van der Waals surface area (Å²) in [5.41, 5.74) is 4.44. The molecule has 2 heterocycles. The normalized spacial score (nSPS) is 13.1.